The number of halogens is 1. The summed E-state index contributed by atoms with van der Waals surface area (Å²) >= 11 is 6.50. The first-order valence-corrected chi connectivity index (χ1v) is 5.82. The third-order valence-corrected chi connectivity index (χ3v) is 4.89. The van der Waals surface area contributed by atoms with E-state index in [1.165, 1.54) is 6.42 Å². The quantitative estimate of drug-likeness (QED) is 0.682. The minimum absolute atomic E-state index is 0.164. The second-order valence-corrected chi connectivity index (χ2v) is 6.50. The zero-order valence-electron chi connectivity index (χ0n) is 8.13. The third-order valence-electron chi connectivity index (χ3n) is 4.44. The zero-order valence-corrected chi connectivity index (χ0v) is 8.89. The first kappa shape index (κ1) is 9.02. The summed E-state index contributed by atoms with van der Waals surface area (Å²) in [6.07, 6.45) is 5.81. The van der Waals surface area contributed by atoms with E-state index >= 15 is 0 Å². The van der Waals surface area contributed by atoms with Gasteiger partial charge in [0.2, 0.25) is 0 Å². The molecule has 0 aromatic rings. The Hall–Kier alpha value is -0.240. The summed E-state index contributed by atoms with van der Waals surface area (Å²) in [5, 5.41) is 9.33. The summed E-state index contributed by atoms with van der Waals surface area (Å²) in [6.45, 7) is 0. The van der Waals surface area contributed by atoms with Crippen LogP contribution in [0.1, 0.15) is 38.5 Å². The van der Waals surface area contributed by atoms with E-state index in [2.05, 4.69) is 0 Å². The van der Waals surface area contributed by atoms with Gasteiger partial charge in [0.1, 0.15) is 0 Å². The highest BCUT2D eigenvalue weighted by Crippen LogP contribution is 2.63. The van der Waals surface area contributed by atoms with Crippen molar-refractivity contribution in [1.82, 2.24) is 0 Å². The predicted octanol–water partition coefficient (Wildman–Crippen LogP) is 2.65. The van der Waals surface area contributed by atoms with Crippen LogP contribution in [0.15, 0.2) is 0 Å². The molecule has 4 fully saturated rings. The van der Waals surface area contributed by atoms with Crippen molar-refractivity contribution >= 4 is 17.6 Å². The Morgan fingerprint density at radius 1 is 1.21 bits per heavy atom. The molecule has 4 saturated carbocycles. The van der Waals surface area contributed by atoms with E-state index in [1.807, 2.05) is 0 Å². The van der Waals surface area contributed by atoms with Gasteiger partial charge in [0.25, 0.3) is 0 Å². The number of hydrogen-bond acceptors (Lipinski definition) is 1. The maximum absolute atomic E-state index is 11.3. The average molecular weight is 215 g/mol. The van der Waals surface area contributed by atoms with Crippen molar-refractivity contribution in [3.63, 3.8) is 0 Å². The molecule has 0 aromatic carbocycles. The first-order valence-electron chi connectivity index (χ1n) is 5.44. The van der Waals surface area contributed by atoms with Gasteiger partial charge >= 0.3 is 5.97 Å². The highest BCUT2D eigenvalue weighted by atomic mass is 35.5. The minimum atomic E-state index is -0.600. The summed E-state index contributed by atoms with van der Waals surface area (Å²) in [7, 11) is 0. The minimum Gasteiger partial charge on any atom is -0.481 e. The zero-order chi connectivity index (χ0) is 9.97. The topological polar surface area (TPSA) is 37.3 Å². The Labute approximate surface area is 88.6 Å². The van der Waals surface area contributed by atoms with Crippen molar-refractivity contribution < 1.29 is 9.90 Å². The fraction of sp³-hybridized carbons (Fsp3) is 0.909. The molecule has 2 nitrogen and oxygen atoms in total. The molecule has 0 aromatic heterocycles. The lowest BCUT2D eigenvalue weighted by Gasteiger charge is -2.58. The van der Waals surface area contributed by atoms with Gasteiger partial charge in [-0.2, -0.15) is 0 Å². The van der Waals surface area contributed by atoms with Gasteiger partial charge in [-0.25, -0.2) is 0 Å². The van der Waals surface area contributed by atoms with Gasteiger partial charge < -0.3 is 5.11 Å². The monoisotopic (exact) mass is 214 g/mol. The number of aliphatic carboxylic acids is 1. The summed E-state index contributed by atoms with van der Waals surface area (Å²) < 4.78 is 0. The maximum Gasteiger partial charge on any atom is 0.309 e. The molecule has 0 aliphatic heterocycles. The molecule has 78 valence electrons. The van der Waals surface area contributed by atoms with Crippen LogP contribution < -0.4 is 0 Å². The summed E-state index contributed by atoms with van der Waals surface area (Å²) in [5.74, 6) is 0.575. The molecule has 0 spiro atoms. The fourth-order valence-electron chi connectivity index (χ4n) is 4.40. The second kappa shape index (κ2) is 2.46. The molecule has 1 N–H and O–H groups in total. The van der Waals surface area contributed by atoms with Crippen LogP contribution in [0.5, 0.6) is 0 Å². The average Bonchev–Trinajstić information content (AvgIpc) is 1.98. The molecule has 4 aliphatic carbocycles. The van der Waals surface area contributed by atoms with Gasteiger partial charge in [0, 0.05) is 4.87 Å². The molecule has 0 heterocycles. The van der Waals surface area contributed by atoms with Crippen LogP contribution >= 0.6 is 11.6 Å². The molecule has 4 atom stereocenters. The van der Waals surface area contributed by atoms with Crippen molar-refractivity contribution in [2.24, 2.45) is 17.3 Å². The van der Waals surface area contributed by atoms with Crippen LogP contribution in [0.3, 0.4) is 0 Å². The SMILES string of the molecule is O=C(O)C12CC3C[C@H](CC(Cl)(C3)C1)C2. The standard InChI is InChI=1S/C11H15ClO2/c12-11-4-7-1-8(5-11)3-10(2-7,6-11)9(13)14/h7-8H,1-6H2,(H,13,14)/t7-,8?,10?,11?/m0/s1. The molecular weight excluding hydrogens is 200 g/mol. The molecule has 0 amide bonds. The van der Waals surface area contributed by atoms with Crippen LogP contribution in [-0.4, -0.2) is 16.0 Å². The van der Waals surface area contributed by atoms with Gasteiger partial charge in [-0.05, 0) is 50.4 Å². The normalized spacial score (nSPS) is 54.9. The number of alkyl halides is 1. The summed E-state index contributed by atoms with van der Waals surface area (Å²) in [6, 6.07) is 0. The van der Waals surface area contributed by atoms with Crippen LogP contribution in [0.25, 0.3) is 0 Å². The molecule has 4 aliphatic rings. The highest BCUT2D eigenvalue weighted by Gasteiger charge is 2.60. The van der Waals surface area contributed by atoms with Crippen LogP contribution in [-0.2, 0) is 4.79 Å². The number of carboxylic acid groups (broad SMARTS) is 1. The lowest BCUT2D eigenvalue weighted by atomic mass is 9.49. The summed E-state index contributed by atoms with van der Waals surface area (Å²) in [5.41, 5.74) is -0.453. The number of hydrogen-bond donors (Lipinski definition) is 1. The molecule has 3 heteroatoms. The second-order valence-electron chi connectivity index (χ2n) is 5.70. The molecular formula is C11H15ClO2. The number of carboxylic acids is 1. The number of rotatable bonds is 1. The van der Waals surface area contributed by atoms with E-state index in [9.17, 15) is 9.90 Å². The van der Waals surface area contributed by atoms with Gasteiger partial charge in [-0.1, -0.05) is 0 Å². The molecule has 14 heavy (non-hydrogen) atoms. The predicted molar refractivity (Wildman–Crippen MR) is 53.3 cm³/mol. The van der Waals surface area contributed by atoms with E-state index in [1.54, 1.807) is 0 Å². The van der Waals surface area contributed by atoms with Crippen molar-refractivity contribution in [1.29, 1.82) is 0 Å². The molecule has 0 saturated heterocycles. The van der Waals surface area contributed by atoms with Crippen LogP contribution in [0.2, 0.25) is 0 Å². The van der Waals surface area contributed by atoms with Crippen LogP contribution in [0.4, 0.5) is 0 Å². The van der Waals surface area contributed by atoms with Crippen molar-refractivity contribution in [2.75, 3.05) is 0 Å². The van der Waals surface area contributed by atoms with E-state index in [4.69, 9.17) is 11.6 Å². The Kier molecular flexibility index (Phi) is 1.59. The smallest absolute Gasteiger partial charge is 0.309 e. The van der Waals surface area contributed by atoms with E-state index in [0.717, 1.165) is 25.7 Å². The van der Waals surface area contributed by atoms with Gasteiger partial charge in [-0.3, -0.25) is 4.79 Å². The summed E-state index contributed by atoms with van der Waals surface area (Å²) in [4.78, 5) is 11.2. The third kappa shape index (κ3) is 1.06. The molecule has 0 radical (unpaired) electrons. The number of carbonyl (C=O) groups is 1. The lowest BCUT2D eigenvalue weighted by Crippen LogP contribution is -2.55. The first-order chi connectivity index (χ1) is 6.51. The van der Waals surface area contributed by atoms with Crippen LogP contribution in [0, 0.1) is 17.3 Å². The van der Waals surface area contributed by atoms with E-state index in [0.29, 0.717) is 18.3 Å². The molecule has 3 unspecified atom stereocenters. The maximum atomic E-state index is 11.3. The van der Waals surface area contributed by atoms with Crippen molar-refractivity contribution in [2.45, 2.75) is 43.4 Å². The lowest BCUT2D eigenvalue weighted by molar-refractivity contribution is -0.163. The molecule has 4 bridgehead atoms. The largest absolute Gasteiger partial charge is 0.481 e. The Balaban J connectivity index is 2.00. The van der Waals surface area contributed by atoms with Crippen molar-refractivity contribution in [3.05, 3.63) is 0 Å². The van der Waals surface area contributed by atoms with Gasteiger partial charge in [0.05, 0.1) is 5.41 Å². The van der Waals surface area contributed by atoms with E-state index < -0.39 is 11.4 Å². The Morgan fingerprint density at radius 3 is 2.21 bits per heavy atom. The highest BCUT2D eigenvalue weighted by molar-refractivity contribution is 6.24. The molecule has 4 rings (SSSR count). The van der Waals surface area contributed by atoms with Gasteiger partial charge in [0.15, 0.2) is 0 Å². The Bertz CT molecular complexity index is 286. The fourth-order valence-corrected chi connectivity index (χ4v) is 5.09. The van der Waals surface area contributed by atoms with E-state index in [-0.39, 0.29) is 4.87 Å². The van der Waals surface area contributed by atoms with Crippen molar-refractivity contribution in [3.8, 4) is 0 Å². The Morgan fingerprint density at radius 2 is 1.79 bits per heavy atom. The van der Waals surface area contributed by atoms with Gasteiger partial charge in [-0.15, -0.1) is 11.6 Å².